The fourth-order valence-electron chi connectivity index (χ4n) is 3.05. The van der Waals surface area contributed by atoms with E-state index in [-0.39, 0.29) is 24.4 Å². The normalized spacial score (nSPS) is 12.8. The van der Waals surface area contributed by atoms with Crippen LogP contribution in [0.2, 0.25) is 0 Å². The summed E-state index contributed by atoms with van der Waals surface area (Å²) in [5.41, 5.74) is 5.89. The highest BCUT2D eigenvalue weighted by Gasteiger charge is 2.33. The lowest BCUT2D eigenvalue weighted by Crippen LogP contribution is -2.41. The molecule has 0 aliphatic carbocycles. The molecule has 1 unspecified atom stereocenters. The third-order valence-electron chi connectivity index (χ3n) is 4.50. The van der Waals surface area contributed by atoms with Gasteiger partial charge in [-0.15, -0.1) is 11.3 Å². The molecule has 1 aromatic carbocycles. The van der Waals surface area contributed by atoms with Crippen LogP contribution >= 0.6 is 11.3 Å². The van der Waals surface area contributed by atoms with Crippen LogP contribution in [0.4, 0.5) is 13.2 Å². The van der Waals surface area contributed by atoms with E-state index in [4.69, 9.17) is 5.73 Å². The third kappa shape index (κ3) is 4.65. The second-order valence-electron chi connectivity index (χ2n) is 6.55. The molecule has 3 rings (SSSR count). The predicted octanol–water partition coefficient (Wildman–Crippen LogP) is 3.17. The summed E-state index contributed by atoms with van der Waals surface area (Å²) >= 11 is 1.28. The van der Waals surface area contributed by atoms with Crippen LogP contribution in [0.25, 0.3) is 11.4 Å². The van der Waals surface area contributed by atoms with Crippen LogP contribution in [0.3, 0.4) is 0 Å². The number of hydrogen-bond acceptors (Lipinski definition) is 5. The number of nitrogens with zero attached hydrogens (tertiary/aromatic N) is 3. The minimum Gasteiger partial charge on any atom is -0.347 e. The molecule has 6 nitrogen and oxygen atoms in total. The number of benzene rings is 1. The molecule has 0 saturated heterocycles. The zero-order valence-electron chi connectivity index (χ0n) is 15.8. The number of rotatable bonds is 6. The van der Waals surface area contributed by atoms with Crippen molar-refractivity contribution in [3.8, 4) is 11.4 Å². The number of thiophene rings is 1. The topological polar surface area (TPSA) is 85.8 Å². The van der Waals surface area contributed by atoms with E-state index in [0.29, 0.717) is 10.7 Å². The van der Waals surface area contributed by atoms with Crippen LogP contribution in [0, 0.1) is 6.92 Å². The molecule has 0 bridgehead atoms. The van der Waals surface area contributed by atoms with Gasteiger partial charge in [-0.2, -0.15) is 18.3 Å². The van der Waals surface area contributed by atoms with Crippen LogP contribution in [-0.4, -0.2) is 33.3 Å². The molecular formula is C19H20F3N5OS. The summed E-state index contributed by atoms with van der Waals surface area (Å²) in [4.78, 5) is 18.2. The number of carbonyl (C=O) groups excluding carboxylic acids is 1. The average Bonchev–Trinajstić information content (AvgIpc) is 3.25. The molecule has 0 spiro atoms. The molecule has 0 aliphatic heterocycles. The number of hydrogen-bond donors (Lipinski definition) is 2. The first-order chi connectivity index (χ1) is 13.7. The molecule has 1 atom stereocenters. The van der Waals surface area contributed by atoms with Crippen LogP contribution < -0.4 is 11.1 Å². The number of aromatic nitrogens is 3. The molecule has 0 fully saturated rings. The lowest BCUT2D eigenvalue weighted by Gasteiger charge is -2.19. The Kier molecular flexibility index (Phi) is 6.04. The fourth-order valence-corrected chi connectivity index (χ4v) is 3.96. The van der Waals surface area contributed by atoms with E-state index >= 15 is 0 Å². The Morgan fingerprint density at radius 3 is 2.69 bits per heavy atom. The number of alkyl halides is 3. The van der Waals surface area contributed by atoms with E-state index in [9.17, 15) is 18.0 Å². The molecule has 3 aromatic rings. The van der Waals surface area contributed by atoms with Gasteiger partial charge in [-0.1, -0.05) is 18.2 Å². The maximum absolute atomic E-state index is 13.2. The SMILES string of the molecule is Cc1sc(C(=O)NC(CN)Cc2ccccc2C(F)(F)F)cc1-c1ncnn1C. The second-order valence-corrected chi connectivity index (χ2v) is 7.81. The minimum atomic E-state index is -4.46. The van der Waals surface area contributed by atoms with Gasteiger partial charge < -0.3 is 11.1 Å². The minimum absolute atomic E-state index is 0.0123. The Morgan fingerprint density at radius 2 is 2.07 bits per heavy atom. The summed E-state index contributed by atoms with van der Waals surface area (Å²) in [5.74, 6) is 0.249. The number of nitrogens with two attached hydrogens (primary N) is 1. The predicted molar refractivity (Wildman–Crippen MR) is 105 cm³/mol. The highest BCUT2D eigenvalue weighted by molar-refractivity contribution is 7.14. The van der Waals surface area contributed by atoms with E-state index < -0.39 is 17.8 Å². The van der Waals surface area contributed by atoms with E-state index in [1.165, 1.54) is 35.9 Å². The molecule has 2 heterocycles. The van der Waals surface area contributed by atoms with Crippen molar-refractivity contribution in [3.63, 3.8) is 0 Å². The highest BCUT2D eigenvalue weighted by atomic mass is 32.1. The molecule has 2 aromatic heterocycles. The van der Waals surface area contributed by atoms with E-state index in [0.717, 1.165) is 16.5 Å². The average molecular weight is 423 g/mol. The maximum atomic E-state index is 13.2. The Labute approximate surface area is 169 Å². The van der Waals surface area contributed by atoms with Crippen LogP contribution in [-0.2, 0) is 19.6 Å². The maximum Gasteiger partial charge on any atom is 0.416 e. The summed E-state index contributed by atoms with van der Waals surface area (Å²) in [6.07, 6.45) is -3.05. The smallest absolute Gasteiger partial charge is 0.347 e. The molecule has 3 N–H and O–H groups in total. The molecule has 29 heavy (non-hydrogen) atoms. The summed E-state index contributed by atoms with van der Waals surface area (Å²) in [6, 6.07) is 6.38. The zero-order valence-corrected chi connectivity index (χ0v) is 16.6. The molecule has 0 saturated carbocycles. The van der Waals surface area contributed by atoms with Gasteiger partial charge in [-0.05, 0) is 31.0 Å². The van der Waals surface area contributed by atoms with Gasteiger partial charge in [-0.3, -0.25) is 4.79 Å². The van der Waals surface area contributed by atoms with Gasteiger partial charge in [0.2, 0.25) is 0 Å². The molecule has 154 valence electrons. The third-order valence-corrected chi connectivity index (χ3v) is 5.55. The van der Waals surface area contributed by atoms with Crippen molar-refractivity contribution in [2.45, 2.75) is 25.6 Å². The van der Waals surface area contributed by atoms with Crippen LogP contribution in [0.5, 0.6) is 0 Å². The highest BCUT2D eigenvalue weighted by Crippen LogP contribution is 2.32. The molecule has 0 aliphatic rings. The summed E-state index contributed by atoms with van der Waals surface area (Å²) in [7, 11) is 1.75. The summed E-state index contributed by atoms with van der Waals surface area (Å²) in [6.45, 7) is 1.88. The largest absolute Gasteiger partial charge is 0.416 e. The van der Waals surface area contributed by atoms with Crippen molar-refractivity contribution in [2.75, 3.05) is 6.54 Å². The number of amides is 1. The monoisotopic (exact) mass is 423 g/mol. The first-order valence-electron chi connectivity index (χ1n) is 8.81. The zero-order chi connectivity index (χ0) is 21.2. The van der Waals surface area contributed by atoms with Gasteiger partial charge in [0.25, 0.3) is 5.91 Å². The van der Waals surface area contributed by atoms with Crippen molar-refractivity contribution in [2.24, 2.45) is 12.8 Å². The van der Waals surface area contributed by atoms with Gasteiger partial charge in [0.05, 0.1) is 10.4 Å². The number of carbonyl (C=O) groups is 1. The van der Waals surface area contributed by atoms with Gasteiger partial charge in [0.1, 0.15) is 6.33 Å². The van der Waals surface area contributed by atoms with Gasteiger partial charge >= 0.3 is 6.18 Å². The number of nitrogens with one attached hydrogen (secondary N) is 1. The van der Waals surface area contributed by atoms with Crippen molar-refractivity contribution < 1.29 is 18.0 Å². The van der Waals surface area contributed by atoms with Crippen molar-refractivity contribution >= 4 is 17.2 Å². The van der Waals surface area contributed by atoms with Gasteiger partial charge in [-0.25, -0.2) is 9.67 Å². The molecule has 10 heteroatoms. The van der Waals surface area contributed by atoms with Gasteiger partial charge in [0, 0.05) is 30.1 Å². The molecule has 0 radical (unpaired) electrons. The number of halogens is 3. The quantitative estimate of drug-likeness (QED) is 0.638. The summed E-state index contributed by atoms with van der Waals surface area (Å²) in [5, 5.41) is 6.77. The Bertz CT molecular complexity index is 1010. The Balaban J connectivity index is 1.77. The Hall–Kier alpha value is -2.72. The van der Waals surface area contributed by atoms with Crippen molar-refractivity contribution in [1.29, 1.82) is 0 Å². The van der Waals surface area contributed by atoms with Crippen molar-refractivity contribution in [3.05, 3.63) is 57.5 Å². The van der Waals surface area contributed by atoms with Gasteiger partial charge in [0.15, 0.2) is 5.82 Å². The number of aryl methyl sites for hydroxylation is 2. The molecular weight excluding hydrogens is 403 g/mol. The van der Waals surface area contributed by atoms with Crippen LogP contribution in [0.15, 0.2) is 36.7 Å². The fraction of sp³-hybridized carbons (Fsp3) is 0.316. The van der Waals surface area contributed by atoms with Crippen molar-refractivity contribution in [1.82, 2.24) is 20.1 Å². The standard InChI is InChI=1S/C19H20F3N5OS/c1-11-14(17-24-10-25-27(17)2)8-16(29-11)18(28)26-13(9-23)7-12-5-3-4-6-15(12)19(20,21)22/h3-6,8,10,13H,7,9,23H2,1-2H3,(H,26,28). The lowest BCUT2D eigenvalue weighted by molar-refractivity contribution is -0.138. The first-order valence-corrected chi connectivity index (χ1v) is 9.63. The van der Waals surface area contributed by atoms with E-state index in [2.05, 4.69) is 15.4 Å². The van der Waals surface area contributed by atoms with E-state index in [1.807, 2.05) is 6.92 Å². The molecule has 1 amide bonds. The summed E-state index contributed by atoms with van der Waals surface area (Å²) < 4.78 is 41.2. The first kappa shape index (κ1) is 21.0. The van der Waals surface area contributed by atoms with E-state index in [1.54, 1.807) is 17.8 Å². The second kappa shape index (κ2) is 8.34. The lowest BCUT2D eigenvalue weighted by atomic mass is 9.99. The van der Waals surface area contributed by atoms with Crippen LogP contribution in [0.1, 0.15) is 25.7 Å². The Morgan fingerprint density at radius 1 is 1.34 bits per heavy atom.